The van der Waals surface area contributed by atoms with Crippen molar-refractivity contribution in [2.24, 2.45) is 5.11 Å². The second-order valence-corrected chi connectivity index (χ2v) is 5.05. The Labute approximate surface area is 134 Å². The van der Waals surface area contributed by atoms with Crippen molar-refractivity contribution in [3.8, 4) is 0 Å². The number of benzene rings is 1. The van der Waals surface area contributed by atoms with E-state index in [4.69, 9.17) is 5.53 Å². The number of non-ortho nitro benzene ring substituents is 2. The fraction of sp³-hybridized carbons (Fsp3) is 0.308. The Morgan fingerprint density at radius 3 is 2.29 bits per heavy atom. The van der Waals surface area contributed by atoms with Crippen LogP contribution in [0, 0.1) is 20.2 Å². The summed E-state index contributed by atoms with van der Waals surface area (Å²) in [5.74, 6) is -0.708. The molecule has 2 atom stereocenters. The monoisotopic (exact) mass is 332 g/mol. The van der Waals surface area contributed by atoms with Gasteiger partial charge in [-0.2, -0.15) is 0 Å². The van der Waals surface area contributed by atoms with Crippen molar-refractivity contribution >= 4 is 17.3 Å². The normalized spacial score (nSPS) is 19.2. The van der Waals surface area contributed by atoms with Crippen molar-refractivity contribution in [1.82, 2.24) is 5.32 Å². The fourth-order valence-corrected chi connectivity index (χ4v) is 2.34. The van der Waals surface area contributed by atoms with Gasteiger partial charge in [0, 0.05) is 23.1 Å². The number of nitro benzene ring substituents is 2. The number of carbonyl (C=O) groups excluding carboxylic acids is 1. The van der Waals surface area contributed by atoms with E-state index >= 15 is 0 Å². The second-order valence-electron chi connectivity index (χ2n) is 5.05. The minimum atomic E-state index is -0.810. The molecule has 1 N–H and O–H groups in total. The van der Waals surface area contributed by atoms with E-state index in [1.807, 2.05) is 12.2 Å². The average molecular weight is 332 g/mol. The molecule has 1 aromatic rings. The van der Waals surface area contributed by atoms with Crippen LogP contribution in [0.25, 0.3) is 10.4 Å². The third-order valence-corrected chi connectivity index (χ3v) is 3.50. The molecule has 1 amide bonds. The van der Waals surface area contributed by atoms with Crippen molar-refractivity contribution in [2.75, 3.05) is 0 Å². The van der Waals surface area contributed by atoms with Crippen molar-refractivity contribution in [3.05, 3.63) is 66.6 Å². The Morgan fingerprint density at radius 1 is 1.17 bits per heavy atom. The zero-order valence-electron chi connectivity index (χ0n) is 12.2. The summed E-state index contributed by atoms with van der Waals surface area (Å²) < 4.78 is 0. The molecule has 0 fully saturated rings. The van der Waals surface area contributed by atoms with Crippen LogP contribution in [0.2, 0.25) is 0 Å². The molecule has 124 valence electrons. The van der Waals surface area contributed by atoms with E-state index in [0.717, 1.165) is 18.2 Å². The Hall–Kier alpha value is -3.46. The van der Waals surface area contributed by atoms with Gasteiger partial charge in [-0.1, -0.05) is 17.3 Å². The lowest BCUT2D eigenvalue weighted by Gasteiger charge is -2.25. The highest BCUT2D eigenvalue weighted by molar-refractivity contribution is 5.95. The molecule has 0 bridgehead atoms. The van der Waals surface area contributed by atoms with Crippen LogP contribution in [0.1, 0.15) is 23.2 Å². The summed E-state index contributed by atoms with van der Waals surface area (Å²) in [5.41, 5.74) is 7.25. The van der Waals surface area contributed by atoms with E-state index in [2.05, 4.69) is 15.3 Å². The SMILES string of the molecule is [N-]=[N+]=N[C@H]1CC=CCC1NC(=O)c1cc([N+](=O)[O-])cc([N+](=O)[O-])c1. The number of rotatable bonds is 5. The molecule has 0 saturated heterocycles. The summed E-state index contributed by atoms with van der Waals surface area (Å²) in [5, 5.41) is 27.9. The molecule has 2 rings (SSSR count). The number of nitro groups is 2. The number of hydrogen-bond donors (Lipinski definition) is 1. The van der Waals surface area contributed by atoms with Crippen molar-refractivity contribution < 1.29 is 14.6 Å². The number of nitrogens with zero attached hydrogens (tertiary/aromatic N) is 5. The molecule has 11 heteroatoms. The highest BCUT2D eigenvalue weighted by atomic mass is 16.6. The molecule has 0 saturated carbocycles. The number of nitrogens with one attached hydrogen (secondary N) is 1. The van der Waals surface area contributed by atoms with Crippen molar-refractivity contribution in [1.29, 1.82) is 0 Å². The summed E-state index contributed by atoms with van der Waals surface area (Å²) in [6.07, 6.45) is 4.50. The lowest BCUT2D eigenvalue weighted by molar-refractivity contribution is -0.394. The van der Waals surface area contributed by atoms with Gasteiger partial charge in [0.15, 0.2) is 0 Å². The highest BCUT2D eigenvalue weighted by Crippen LogP contribution is 2.23. The van der Waals surface area contributed by atoms with Crippen molar-refractivity contribution in [2.45, 2.75) is 24.9 Å². The van der Waals surface area contributed by atoms with Crippen LogP contribution < -0.4 is 5.32 Å². The van der Waals surface area contributed by atoms with Gasteiger partial charge in [0.1, 0.15) is 0 Å². The molecule has 0 aliphatic heterocycles. The average Bonchev–Trinajstić information content (AvgIpc) is 2.56. The first-order chi connectivity index (χ1) is 11.4. The zero-order valence-corrected chi connectivity index (χ0v) is 12.2. The van der Waals surface area contributed by atoms with E-state index in [1.54, 1.807) is 0 Å². The van der Waals surface area contributed by atoms with Crippen LogP contribution >= 0.6 is 0 Å². The largest absolute Gasteiger partial charge is 0.349 e. The summed E-state index contributed by atoms with van der Waals surface area (Å²) in [6, 6.07) is 1.73. The topological polar surface area (TPSA) is 164 Å². The number of carbonyl (C=O) groups is 1. The molecule has 0 spiro atoms. The van der Waals surface area contributed by atoms with E-state index in [0.29, 0.717) is 12.8 Å². The molecule has 0 heterocycles. The zero-order chi connectivity index (χ0) is 17.7. The third kappa shape index (κ3) is 3.84. The van der Waals surface area contributed by atoms with Gasteiger partial charge in [-0.05, 0) is 18.4 Å². The predicted molar refractivity (Wildman–Crippen MR) is 82.3 cm³/mol. The first kappa shape index (κ1) is 16.9. The molecule has 0 aromatic heterocycles. The van der Waals surface area contributed by atoms with E-state index in [1.165, 1.54) is 0 Å². The van der Waals surface area contributed by atoms with Gasteiger partial charge in [0.2, 0.25) is 0 Å². The summed E-state index contributed by atoms with van der Waals surface area (Å²) >= 11 is 0. The Balaban J connectivity index is 2.28. The van der Waals surface area contributed by atoms with Crippen LogP contribution in [0.4, 0.5) is 11.4 Å². The van der Waals surface area contributed by atoms with Crippen LogP contribution in [0.3, 0.4) is 0 Å². The van der Waals surface area contributed by atoms with Crippen LogP contribution in [0.15, 0.2) is 35.5 Å². The maximum Gasteiger partial charge on any atom is 0.277 e. The molecule has 24 heavy (non-hydrogen) atoms. The lowest BCUT2D eigenvalue weighted by Crippen LogP contribution is -2.43. The summed E-state index contributed by atoms with van der Waals surface area (Å²) in [6.45, 7) is 0. The molecule has 1 aromatic carbocycles. The minimum absolute atomic E-state index is 0.204. The molecule has 1 aliphatic carbocycles. The Morgan fingerprint density at radius 2 is 1.75 bits per heavy atom. The van der Waals surface area contributed by atoms with Gasteiger partial charge in [0.25, 0.3) is 17.3 Å². The van der Waals surface area contributed by atoms with Crippen LogP contribution in [0.5, 0.6) is 0 Å². The van der Waals surface area contributed by atoms with E-state index < -0.39 is 39.2 Å². The van der Waals surface area contributed by atoms with Gasteiger partial charge < -0.3 is 5.32 Å². The minimum Gasteiger partial charge on any atom is -0.349 e. The van der Waals surface area contributed by atoms with Gasteiger partial charge >= 0.3 is 0 Å². The maximum absolute atomic E-state index is 12.3. The molecular formula is C13H12N6O5. The summed E-state index contributed by atoms with van der Waals surface area (Å²) in [4.78, 5) is 35.1. The standard InChI is InChI=1S/C13H12N6O5/c14-17-16-12-4-2-1-3-11(12)15-13(20)8-5-9(18(21)22)7-10(6-8)19(23)24/h1-2,5-7,11-12H,3-4H2,(H,15,20)/t11?,12-/m0/s1. The molecule has 1 unspecified atom stereocenters. The van der Waals surface area contributed by atoms with Crippen molar-refractivity contribution in [3.63, 3.8) is 0 Å². The number of amides is 1. The Bertz CT molecular complexity index is 738. The second kappa shape index (κ2) is 7.20. The molecule has 0 radical (unpaired) electrons. The predicted octanol–water partition coefficient (Wildman–Crippen LogP) is 2.63. The van der Waals surface area contributed by atoms with Crippen LogP contribution in [-0.4, -0.2) is 27.8 Å². The van der Waals surface area contributed by atoms with Gasteiger partial charge in [-0.3, -0.25) is 25.0 Å². The first-order valence-electron chi connectivity index (χ1n) is 6.86. The molecule has 1 aliphatic rings. The molecular weight excluding hydrogens is 320 g/mol. The van der Waals surface area contributed by atoms with Gasteiger partial charge in [0.05, 0.1) is 27.5 Å². The molecule has 11 nitrogen and oxygen atoms in total. The summed E-state index contributed by atoms with van der Waals surface area (Å²) in [7, 11) is 0. The van der Waals surface area contributed by atoms with Gasteiger partial charge in [-0.15, -0.1) is 0 Å². The fourth-order valence-electron chi connectivity index (χ4n) is 2.34. The highest BCUT2D eigenvalue weighted by Gasteiger charge is 2.25. The smallest absolute Gasteiger partial charge is 0.277 e. The van der Waals surface area contributed by atoms with Crippen LogP contribution in [-0.2, 0) is 0 Å². The van der Waals surface area contributed by atoms with E-state index in [9.17, 15) is 25.0 Å². The maximum atomic E-state index is 12.3. The number of azide groups is 1. The van der Waals surface area contributed by atoms with Gasteiger partial charge in [-0.25, -0.2) is 0 Å². The third-order valence-electron chi connectivity index (χ3n) is 3.50. The first-order valence-corrected chi connectivity index (χ1v) is 6.86. The lowest BCUT2D eigenvalue weighted by atomic mass is 9.96. The quantitative estimate of drug-likeness (QED) is 0.218. The Kier molecular flexibility index (Phi) is 5.07. The number of hydrogen-bond acceptors (Lipinski definition) is 6. The van der Waals surface area contributed by atoms with E-state index in [-0.39, 0.29) is 5.56 Å².